The van der Waals surface area contributed by atoms with Gasteiger partial charge in [0.1, 0.15) is 0 Å². The third-order valence-corrected chi connectivity index (χ3v) is 1.27. The zero-order valence-corrected chi connectivity index (χ0v) is 4.79. The minimum Gasteiger partial charge on any atom is -0.478 e. The van der Waals surface area contributed by atoms with Crippen LogP contribution in [-0.4, -0.2) is 22.3 Å². The molecule has 0 heterocycles. The van der Waals surface area contributed by atoms with Crippen molar-refractivity contribution in [3.8, 4) is 0 Å². The van der Waals surface area contributed by atoms with Crippen LogP contribution in [0.4, 0.5) is 0 Å². The minimum atomic E-state index is -1.65. The van der Waals surface area contributed by atoms with Crippen LogP contribution < -0.4 is 0 Å². The number of carboxylic acid groups (broad SMARTS) is 1. The molecule has 1 rings (SSSR count). The molecular weight excluding hydrogens is 120 g/mol. The van der Waals surface area contributed by atoms with Crippen LogP contribution in [0.2, 0.25) is 0 Å². The first-order valence-electron chi connectivity index (χ1n) is 3.19. The van der Waals surface area contributed by atoms with Crippen molar-refractivity contribution in [1.82, 2.24) is 0 Å². The van der Waals surface area contributed by atoms with Crippen LogP contribution in [0.5, 0.6) is 0 Å². The highest BCUT2D eigenvalue weighted by molar-refractivity contribution is 5.87. The maximum absolute atomic E-state index is 10.2. The summed E-state index contributed by atoms with van der Waals surface area (Å²) in [6, 6.07) is 0. The quantitative estimate of drug-likeness (QED) is 0.530. The van der Waals surface area contributed by atoms with Gasteiger partial charge in [0.05, 0.1) is 7.45 Å². The van der Waals surface area contributed by atoms with Gasteiger partial charge in [-0.1, -0.05) is 0 Å². The second-order valence-electron chi connectivity index (χ2n) is 1.97. The first-order chi connectivity index (χ1) is 4.51. The van der Waals surface area contributed by atoms with E-state index in [-0.39, 0.29) is 18.4 Å². The number of hydrogen-bond acceptors (Lipinski definition) is 2. The molecule has 0 radical (unpaired) electrons. The minimum absolute atomic E-state index is 0.137. The molecule has 0 aromatic carbocycles. The van der Waals surface area contributed by atoms with Crippen LogP contribution in [-0.2, 0) is 4.79 Å². The zero-order chi connectivity index (χ0) is 7.78. The Bertz CT molecular complexity index is 195. The molecule has 2 N–H and O–H groups in total. The lowest BCUT2D eigenvalue weighted by Gasteiger charge is -1.89. The molecule has 9 heavy (non-hydrogen) atoms. The molecule has 0 aliphatic heterocycles. The van der Waals surface area contributed by atoms with Gasteiger partial charge in [0, 0.05) is 5.57 Å². The monoisotopic (exact) mass is 129 g/mol. The Morgan fingerprint density at radius 2 is 2.67 bits per heavy atom. The molecule has 0 saturated heterocycles. The van der Waals surface area contributed by atoms with E-state index in [9.17, 15) is 4.79 Å². The molecule has 3 nitrogen and oxygen atoms in total. The van der Waals surface area contributed by atoms with E-state index in [0.717, 1.165) is 6.08 Å². The second-order valence-corrected chi connectivity index (χ2v) is 1.97. The highest BCUT2D eigenvalue weighted by Gasteiger charge is 2.17. The average Bonchev–Trinajstić information content (AvgIpc) is 2.10. The highest BCUT2D eigenvalue weighted by Crippen LogP contribution is 2.17. The van der Waals surface area contributed by atoms with Crippen molar-refractivity contribution in [2.45, 2.75) is 18.9 Å². The Hall–Kier alpha value is -0.830. The van der Waals surface area contributed by atoms with E-state index in [1.165, 1.54) is 0 Å². The third-order valence-electron chi connectivity index (χ3n) is 1.27. The predicted molar refractivity (Wildman–Crippen MR) is 31.0 cm³/mol. The van der Waals surface area contributed by atoms with Crippen LogP contribution in [0, 0.1) is 0 Å². The molecule has 1 atom stereocenters. The lowest BCUT2D eigenvalue weighted by Crippen LogP contribution is -1.96. The molecule has 1 aliphatic rings. The second kappa shape index (κ2) is 2.19. The van der Waals surface area contributed by atoms with Gasteiger partial charge in [-0.25, -0.2) is 4.79 Å². The van der Waals surface area contributed by atoms with Gasteiger partial charge in [-0.2, -0.15) is 0 Å². The molecular formula is C6H8O3. The predicted octanol–water partition coefficient (Wildman–Crippen LogP) is 0.152. The average molecular weight is 129 g/mol. The van der Waals surface area contributed by atoms with E-state index >= 15 is 0 Å². The Morgan fingerprint density at radius 1 is 2.00 bits per heavy atom. The summed E-state index contributed by atoms with van der Waals surface area (Å²) in [6.07, 6.45) is -0.0903. The summed E-state index contributed by atoms with van der Waals surface area (Å²) >= 11 is 0. The maximum atomic E-state index is 10.2. The van der Waals surface area contributed by atoms with E-state index in [4.69, 9.17) is 11.6 Å². The van der Waals surface area contributed by atoms with E-state index in [1.54, 1.807) is 0 Å². The molecule has 0 amide bonds. The van der Waals surface area contributed by atoms with Gasteiger partial charge in [-0.15, -0.1) is 0 Å². The lowest BCUT2D eigenvalue weighted by atomic mass is 10.2. The number of carboxylic acids is 1. The summed E-state index contributed by atoms with van der Waals surface area (Å²) in [5.41, 5.74) is 0.137. The zero-order valence-electron chi connectivity index (χ0n) is 5.79. The fourth-order valence-corrected chi connectivity index (χ4v) is 0.777. The van der Waals surface area contributed by atoms with Crippen molar-refractivity contribution >= 4 is 5.97 Å². The van der Waals surface area contributed by atoms with Crippen molar-refractivity contribution in [2.75, 3.05) is 0 Å². The van der Waals surface area contributed by atoms with Crippen molar-refractivity contribution < 1.29 is 16.4 Å². The fourth-order valence-electron chi connectivity index (χ4n) is 0.777. The molecule has 1 unspecified atom stereocenters. The molecule has 50 valence electrons. The molecule has 3 heteroatoms. The number of hydrogen-bond donors (Lipinski definition) is 2. The SMILES string of the molecule is [2H]C1(O)C=C(C(=O)O)CC1. The Morgan fingerprint density at radius 3 is 2.89 bits per heavy atom. The summed E-state index contributed by atoms with van der Waals surface area (Å²) in [5, 5.41) is 17.3. The van der Waals surface area contributed by atoms with E-state index < -0.39 is 12.0 Å². The molecule has 0 aromatic heterocycles. The van der Waals surface area contributed by atoms with Gasteiger partial charge in [0.25, 0.3) is 0 Å². The first kappa shape index (κ1) is 4.99. The van der Waals surface area contributed by atoms with Gasteiger partial charge in [-0.05, 0) is 18.9 Å². The normalized spacial score (nSPS) is 35.7. The molecule has 0 spiro atoms. The standard InChI is InChI=1S/C6H8O3/c7-5-2-1-4(3-5)6(8)9/h3,5,7H,1-2H2,(H,8,9)/i5D. The largest absolute Gasteiger partial charge is 0.478 e. The molecule has 0 saturated carbocycles. The van der Waals surface area contributed by atoms with E-state index in [0.29, 0.717) is 0 Å². The highest BCUT2D eigenvalue weighted by atomic mass is 16.4. The van der Waals surface area contributed by atoms with Gasteiger partial charge >= 0.3 is 5.97 Å². The first-order valence-corrected chi connectivity index (χ1v) is 2.69. The Labute approximate surface area is 54.0 Å². The van der Waals surface area contributed by atoms with Crippen LogP contribution in [0.25, 0.3) is 0 Å². The number of rotatable bonds is 1. The number of aliphatic hydroxyl groups is 1. The molecule has 0 bridgehead atoms. The van der Waals surface area contributed by atoms with Crippen molar-refractivity contribution in [3.63, 3.8) is 0 Å². The summed E-state index contributed by atoms with van der Waals surface area (Å²) in [4.78, 5) is 10.2. The Balaban J connectivity index is 2.76. The molecule has 1 aliphatic carbocycles. The van der Waals surface area contributed by atoms with Crippen molar-refractivity contribution in [1.29, 1.82) is 0 Å². The van der Waals surface area contributed by atoms with Gasteiger partial charge in [0.2, 0.25) is 0 Å². The van der Waals surface area contributed by atoms with Crippen LogP contribution in [0.1, 0.15) is 14.2 Å². The van der Waals surface area contributed by atoms with Gasteiger partial charge in [-0.3, -0.25) is 0 Å². The topological polar surface area (TPSA) is 57.5 Å². The summed E-state index contributed by atoms with van der Waals surface area (Å²) in [6.45, 7) is 0. The summed E-state index contributed by atoms with van der Waals surface area (Å²) in [7, 11) is 0. The number of aliphatic carboxylic acids is 1. The maximum Gasteiger partial charge on any atom is 0.331 e. The smallest absolute Gasteiger partial charge is 0.331 e. The molecule has 0 fully saturated rings. The fraction of sp³-hybridized carbons (Fsp3) is 0.500. The lowest BCUT2D eigenvalue weighted by molar-refractivity contribution is -0.132. The van der Waals surface area contributed by atoms with E-state index in [2.05, 4.69) is 0 Å². The molecule has 0 aromatic rings. The van der Waals surface area contributed by atoms with Gasteiger partial charge in [0.15, 0.2) is 0 Å². The van der Waals surface area contributed by atoms with Crippen LogP contribution in [0.15, 0.2) is 11.6 Å². The van der Waals surface area contributed by atoms with Crippen LogP contribution >= 0.6 is 0 Å². The van der Waals surface area contributed by atoms with Crippen molar-refractivity contribution in [2.24, 2.45) is 0 Å². The van der Waals surface area contributed by atoms with Gasteiger partial charge < -0.3 is 10.2 Å². The third kappa shape index (κ3) is 1.29. The van der Waals surface area contributed by atoms with E-state index in [1.807, 2.05) is 0 Å². The van der Waals surface area contributed by atoms with Crippen LogP contribution in [0.3, 0.4) is 0 Å². The summed E-state index contributed by atoms with van der Waals surface area (Å²) < 4.78 is 7.03. The Kier molecular flexibility index (Phi) is 1.21. The number of carbonyl (C=O) groups is 1. The summed E-state index contributed by atoms with van der Waals surface area (Å²) in [5.74, 6) is -1.04. The van der Waals surface area contributed by atoms with Crippen molar-refractivity contribution in [3.05, 3.63) is 11.6 Å².